The van der Waals surface area contributed by atoms with Crippen LogP contribution in [-0.2, 0) is 19.1 Å². The second-order valence-corrected chi connectivity index (χ2v) is 6.11. The molecular weight excluding hydrogens is 303 g/mol. The quantitative estimate of drug-likeness (QED) is 0.639. The summed E-state index contributed by atoms with van der Waals surface area (Å²) in [7, 11) is 2.64. The van der Waals surface area contributed by atoms with Crippen LogP contribution >= 0.6 is 0 Å². The number of fused-ring (bicyclic) bond motifs is 1. The average Bonchev–Trinajstić information content (AvgIpc) is 2.97. The lowest BCUT2D eigenvalue weighted by atomic mass is 9.80. The van der Waals surface area contributed by atoms with E-state index in [1.165, 1.54) is 26.3 Å². The molecule has 2 saturated heterocycles. The van der Waals surface area contributed by atoms with Gasteiger partial charge in [-0.2, -0.15) is 0 Å². The van der Waals surface area contributed by atoms with Gasteiger partial charge in [0.15, 0.2) is 0 Å². The molecule has 2 amide bonds. The van der Waals surface area contributed by atoms with E-state index in [1.54, 1.807) is 19.1 Å². The number of carbonyl (C=O) groups is 3. The number of amides is 2. The number of esters is 1. The second-order valence-electron chi connectivity index (χ2n) is 6.11. The number of ether oxygens (including phenoxy) is 1. The van der Waals surface area contributed by atoms with Crippen molar-refractivity contribution < 1.29 is 23.5 Å². The maximum absolute atomic E-state index is 13.2. The van der Waals surface area contributed by atoms with E-state index >= 15 is 0 Å². The smallest absolute Gasteiger partial charge is 0.326 e. The molecule has 2 fully saturated rings. The van der Waals surface area contributed by atoms with Crippen molar-refractivity contribution in [3.05, 3.63) is 35.6 Å². The Morgan fingerprint density at radius 3 is 2.43 bits per heavy atom. The zero-order chi connectivity index (χ0) is 16.9. The summed E-state index contributed by atoms with van der Waals surface area (Å²) in [6, 6.07) is 5.09. The van der Waals surface area contributed by atoms with E-state index in [-0.39, 0.29) is 5.91 Å². The molecular formula is C16H17FN2O4. The molecule has 2 heterocycles. The summed E-state index contributed by atoms with van der Waals surface area (Å²) in [5.41, 5.74) is -0.666. The Morgan fingerprint density at radius 2 is 1.87 bits per heavy atom. The van der Waals surface area contributed by atoms with Gasteiger partial charge in [0.2, 0.25) is 11.8 Å². The van der Waals surface area contributed by atoms with Crippen LogP contribution in [0.3, 0.4) is 0 Å². The van der Waals surface area contributed by atoms with Crippen molar-refractivity contribution in [2.24, 2.45) is 11.8 Å². The highest BCUT2D eigenvalue weighted by atomic mass is 19.1. The maximum atomic E-state index is 13.2. The first-order valence-corrected chi connectivity index (χ1v) is 7.24. The number of likely N-dealkylation sites (tertiary alicyclic amines) is 1. The monoisotopic (exact) mass is 320 g/mol. The van der Waals surface area contributed by atoms with E-state index in [0.29, 0.717) is 5.56 Å². The first kappa shape index (κ1) is 15.6. The van der Waals surface area contributed by atoms with Gasteiger partial charge in [0.25, 0.3) is 0 Å². The van der Waals surface area contributed by atoms with Crippen LogP contribution < -0.4 is 5.32 Å². The van der Waals surface area contributed by atoms with Crippen LogP contribution in [0.25, 0.3) is 0 Å². The summed E-state index contributed by atoms with van der Waals surface area (Å²) >= 11 is 0. The van der Waals surface area contributed by atoms with Gasteiger partial charge in [-0.25, -0.2) is 4.39 Å². The highest BCUT2D eigenvalue weighted by Gasteiger charge is 2.66. The van der Waals surface area contributed by atoms with E-state index in [0.717, 1.165) is 4.90 Å². The number of imide groups is 1. The molecule has 2 aliphatic rings. The molecule has 0 bridgehead atoms. The van der Waals surface area contributed by atoms with E-state index in [4.69, 9.17) is 4.74 Å². The van der Waals surface area contributed by atoms with Crippen molar-refractivity contribution >= 4 is 17.8 Å². The molecule has 1 N–H and O–H groups in total. The lowest BCUT2D eigenvalue weighted by molar-refractivity contribution is -0.152. The number of nitrogens with one attached hydrogen (secondary N) is 1. The van der Waals surface area contributed by atoms with Gasteiger partial charge in [-0.3, -0.25) is 24.6 Å². The van der Waals surface area contributed by atoms with E-state index in [9.17, 15) is 18.8 Å². The van der Waals surface area contributed by atoms with Crippen LogP contribution in [0.4, 0.5) is 4.39 Å². The minimum absolute atomic E-state index is 0.352. The summed E-state index contributed by atoms with van der Waals surface area (Å²) in [6.45, 7) is 1.56. The number of benzene rings is 1. The summed E-state index contributed by atoms with van der Waals surface area (Å²) in [6.07, 6.45) is 0. The fourth-order valence-electron chi connectivity index (χ4n) is 3.64. The van der Waals surface area contributed by atoms with Gasteiger partial charge in [-0.15, -0.1) is 0 Å². The molecule has 1 aromatic rings. The fourth-order valence-corrected chi connectivity index (χ4v) is 3.64. The highest BCUT2D eigenvalue weighted by molar-refractivity contribution is 6.09. The van der Waals surface area contributed by atoms with Gasteiger partial charge in [-0.05, 0) is 24.6 Å². The van der Waals surface area contributed by atoms with Crippen molar-refractivity contribution in [1.82, 2.24) is 10.2 Å². The topological polar surface area (TPSA) is 75.7 Å². The van der Waals surface area contributed by atoms with Gasteiger partial charge >= 0.3 is 5.97 Å². The number of halogens is 1. The molecule has 4 atom stereocenters. The summed E-state index contributed by atoms with van der Waals surface area (Å²) in [4.78, 5) is 38.2. The third-order valence-electron chi connectivity index (χ3n) is 4.85. The lowest BCUT2D eigenvalue weighted by Crippen LogP contribution is -2.53. The van der Waals surface area contributed by atoms with Crippen molar-refractivity contribution in [2.75, 3.05) is 14.2 Å². The van der Waals surface area contributed by atoms with Gasteiger partial charge in [0.1, 0.15) is 11.4 Å². The molecule has 3 rings (SSSR count). The first-order valence-electron chi connectivity index (χ1n) is 7.24. The number of hydrogen-bond acceptors (Lipinski definition) is 5. The second kappa shape index (κ2) is 5.13. The van der Waals surface area contributed by atoms with Gasteiger partial charge in [0.05, 0.1) is 18.9 Å². The molecule has 0 saturated carbocycles. The Labute approximate surface area is 132 Å². The van der Waals surface area contributed by atoms with Crippen LogP contribution in [0.15, 0.2) is 24.3 Å². The third kappa shape index (κ3) is 2.07. The van der Waals surface area contributed by atoms with E-state index < -0.39 is 41.1 Å². The highest BCUT2D eigenvalue weighted by Crippen LogP contribution is 2.48. The molecule has 0 aromatic heterocycles. The molecule has 0 aliphatic carbocycles. The Hall–Kier alpha value is -2.28. The minimum atomic E-state index is -1.31. The molecule has 7 heteroatoms. The summed E-state index contributed by atoms with van der Waals surface area (Å²) < 4.78 is 18.0. The van der Waals surface area contributed by atoms with E-state index in [2.05, 4.69) is 5.32 Å². The Morgan fingerprint density at radius 1 is 1.26 bits per heavy atom. The van der Waals surface area contributed by atoms with Crippen molar-refractivity contribution in [3.63, 3.8) is 0 Å². The first-order chi connectivity index (χ1) is 10.8. The Bertz CT molecular complexity index is 690. The number of hydrogen-bond donors (Lipinski definition) is 1. The van der Waals surface area contributed by atoms with Crippen LogP contribution in [0.5, 0.6) is 0 Å². The van der Waals surface area contributed by atoms with Gasteiger partial charge in [0, 0.05) is 13.1 Å². The fraction of sp³-hybridized carbons (Fsp3) is 0.438. The van der Waals surface area contributed by atoms with Crippen LogP contribution in [0.1, 0.15) is 18.5 Å². The average molecular weight is 320 g/mol. The predicted molar refractivity (Wildman–Crippen MR) is 77.5 cm³/mol. The van der Waals surface area contributed by atoms with Crippen molar-refractivity contribution in [3.8, 4) is 0 Å². The number of methoxy groups -OCH3 is 1. The zero-order valence-corrected chi connectivity index (χ0v) is 13.0. The largest absolute Gasteiger partial charge is 0.468 e. The molecule has 1 aromatic carbocycles. The SMILES string of the molecule is COC(=O)[C@]1(C)N[C@@H](c2ccc(F)cc2)[C@H]2C(=O)N(C)C(=O)[C@H]21. The van der Waals surface area contributed by atoms with Crippen molar-refractivity contribution in [2.45, 2.75) is 18.5 Å². The number of carbonyl (C=O) groups excluding carboxylic acids is 3. The molecule has 23 heavy (non-hydrogen) atoms. The zero-order valence-electron chi connectivity index (χ0n) is 13.0. The number of rotatable bonds is 2. The molecule has 2 aliphatic heterocycles. The summed E-state index contributed by atoms with van der Waals surface area (Å²) in [5, 5.41) is 3.07. The predicted octanol–water partition coefficient (Wildman–Crippen LogP) is 0.633. The normalized spacial score (nSPS) is 33.0. The molecule has 0 spiro atoms. The standard InChI is InChI=1S/C16H17FN2O4/c1-16(15(22)23-3)11-10(13(20)19(2)14(11)21)12(18-16)8-4-6-9(17)7-5-8/h4-7,10-12,18H,1-3H3/t10-,11-,12-,16+/m0/s1. The van der Waals surface area contributed by atoms with Crippen LogP contribution in [-0.4, -0.2) is 42.4 Å². The Balaban J connectivity index is 2.09. The van der Waals surface area contributed by atoms with Gasteiger partial charge in [-0.1, -0.05) is 12.1 Å². The summed E-state index contributed by atoms with van der Waals surface area (Å²) in [5.74, 6) is -3.33. The molecule has 0 radical (unpaired) electrons. The van der Waals surface area contributed by atoms with Gasteiger partial charge < -0.3 is 4.74 Å². The minimum Gasteiger partial charge on any atom is -0.468 e. The maximum Gasteiger partial charge on any atom is 0.326 e. The molecule has 6 nitrogen and oxygen atoms in total. The van der Waals surface area contributed by atoms with Crippen LogP contribution in [0, 0.1) is 17.7 Å². The van der Waals surface area contributed by atoms with Crippen molar-refractivity contribution in [1.29, 1.82) is 0 Å². The van der Waals surface area contributed by atoms with Crippen LogP contribution in [0.2, 0.25) is 0 Å². The molecule has 122 valence electrons. The van der Waals surface area contributed by atoms with E-state index in [1.807, 2.05) is 0 Å². The lowest BCUT2D eigenvalue weighted by Gasteiger charge is -2.27. The Kier molecular flexibility index (Phi) is 3.48. The third-order valence-corrected chi connectivity index (χ3v) is 4.85. The number of nitrogens with zero attached hydrogens (tertiary/aromatic N) is 1. The molecule has 0 unspecified atom stereocenters.